The maximum absolute atomic E-state index is 10.9. The summed E-state index contributed by atoms with van der Waals surface area (Å²) in [5.41, 5.74) is 0. The van der Waals surface area contributed by atoms with Gasteiger partial charge >= 0.3 is 5.97 Å². The highest BCUT2D eigenvalue weighted by molar-refractivity contribution is 5.73. The van der Waals surface area contributed by atoms with Crippen molar-refractivity contribution in [2.24, 2.45) is 11.8 Å². The monoisotopic (exact) mass is 203 g/mol. The second-order valence-corrected chi connectivity index (χ2v) is 4.05. The van der Waals surface area contributed by atoms with Crippen LogP contribution in [-0.4, -0.2) is 37.4 Å². The minimum absolute atomic E-state index is 0.0174. The first-order valence-electron chi connectivity index (χ1n) is 4.94. The zero-order chi connectivity index (χ0) is 11.1. The lowest BCUT2D eigenvalue weighted by Gasteiger charge is -2.21. The highest BCUT2D eigenvalue weighted by Crippen LogP contribution is 2.04. The summed E-state index contributed by atoms with van der Waals surface area (Å²) in [7, 11) is 1.58. The van der Waals surface area contributed by atoms with E-state index in [0.29, 0.717) is 19.1 Å². The number of carbonyl (C=O) groups is 1. The maximum atomic E-state index is 10.9. The fraction of sp³-hybridized carbons (Fsp3) is 0.900. The van der Waals surface area contributed by atoms with Crippen molar-refractivity contribution in [2.75, 3.05) is 20.3 Å². The van der Waals surface area contributed by atoms with E-state index in [1.54, 1.807) is 7.11 Å². The van der Waals surface area contributed by atoms with Crippen LogP contribution in [0.2, 0.25) is 0 Å². The number of rotatable bonds is 7. The first-order valence-corrected chi connectivity index (χ1v) is 4.94. The van der Waals surface area contributed by atoms with E-state index in [2.05, 4.69) is 5.32 Å². The molecule has 0 heterocycles. The molecule has 0 rings (SSSR count). The third-order valence-corrected chi connectivity index (χ3v) is 2.01. The van der Waals surface area contributed by atoms with Crippen molar-refractivity contribution in [1.29, 1.82) is 0 Å². The van der Waals surface area contributed by atoms with Gasteiger partial charge in [0.15, 0.2) is 0 Å². The minimum atomic E-state index is -0.810. The van der Waals surface area contributed by atoms with Gasteiger partial charge in [0.2, 0.25) is 0 Å². The molecular formula is C10H21NO3. The molecule has 2 atom stereocenters. The molecule has 0 aromatic carbocycles. The van der Waals surface area contributed by atoms with Crippen LogP contribution >= 0.6 is 0 Å². The van der Waals surface area contributed by atoms with Gasteiger partial charge in [-0.25, -0.2) is 0 Å². The largest absolute Gasteiger partial charge is 0.480 e. The molecule has 0 spiro atoms. The van der Waals surface area contributed by atoms with Crippen LogP contribution in [0.4, 0.5) is 0 Å². The Bertz CT molecular complexity index is 171. The van der Waals surface area contributed by atoms with Crippen molar-refractivity contribution in [3.63, 3.8) is 0 Å². The van der Waals surface area contributed by atoms with E-state index in [-0.39, 0.29) is 5.92 Å². The Morgan fingerprint density at radius 2 is 2.00 bits per heavy atom. The van der Waals surface area contributed by atoms with Gasteiger partial charge in [-0.1, -0.05) is 20.8 Å². The summed E-state index contributed by atoms with van der Waals surface area (Å²) in [5, 5.41) is 12.0. The lowest BCUT2D eigenvalue weighted by atomic mass is 10.0. The molecular weight excluding hydrogens is 182 g/mol. The third kappa shape index (κ3) is 5.19. The normalized spacial score (nSPS) is 15.5. The number of ether oxygens (including phenoxy) is 1. The van der Waals surface area contributed by atoms with Crippen LogP contribution in [-0.2, 0) is 9.53 Å². The second-order valence-electron chi connectivity index (χ2n) is 4.05. The second kappa shape index (κ2) is 6.79. The number of carboxylic acids is 1. The van der Waals surface area contributed by atoms with E-state index < -0.39 is 12.0 Å². The summed E-state index contributed by atoms with van der Waals surface area (Å²) in [6, 6.07) is -0.516. The number of nitrogens with one attached hydrogen (secondary N) is 1. The summed E-state index contributed by atoms with van der Waals surface area (Å²) in [4.78, 5) is 10.9. The summed E-state index contributed by atoms with van der Waals surface area (Å²) >= 11 is 0. The number of hydrogen-bond acceptors (Lipinski definition) is 3. The summed E-state index contributed by atoms with van der Waals surface area (Å²) in [6.07, 6.45) is 0. The Kier molecular flexibility index (Phi) is 6.49. The molecule has 84 valence electrons. The van der Waals surface area contributed by atoms with Crippen LogP contribution in [0.15, 0.2) is 0 Å². The lowest BCUT2D eigenvalue weighted by Crippen LogP contribution is -2.44. The first kappa shape index (κ1) is 13.4. The molecule has 0 saturated carbocycles. The van der Waals surface area contributed by atoms with E-state index in [1.165, 1.54) is 0 Å². The molecule has 0 amide bonds. The van der Waals surface area contributed by atoms with Gasteiger partial charge in [-0.3, -0.25) is 4.79 Å². The van der Waals surface area contributed by atoms with E-state index in [0.717, 1.165) is 0 Å². The molecule has 0 radical (unpaired) electrons. The molecule has 0 saturated heterocycles. The van der Waals surface area contributed by atoms with Crippen molar-refractivity contribution in [2.45, 2.75) is 26.8 Å². The van der Waals surface area contributed by atoms with Crippen LogP contribution in [0.5, 0.6) is 0 Å². The van der Waals surface area contributed by atoms with Crippen LogP contribution < -0.4 is 5.32 Å². The smallest absolute Gasteiger partial charge is 0.321 e. The zero-order valence-electron chi connectivity index (χ0n) is 9.41. The molecule has 0 fully saturated rings. The average molecular weight is 203 g/mol. The fourth-order valence-electron chi connectivity index (χ4n) is 1.25. The Morgan fingerprint density at radius 3 is 2.36 bits per heavy atom. The zero-order valence-corrected chi connectivity index (χ0v) is 9.41. The molecule has 2 unspecified atom stereocenters. The van der Waals surface area contributed by atoms with E-state index in [4.69, 9.17) is 9.84 Å². The first-order chi connectivity index (χ1) is 6.49. The van der Waals surface area contributed by atoms with Gasteiger partial charge in [-0.05, 0) is 12.5 Å². The molecule has 0 aliphatic rings. The van der Waals surface area contributed by atoms with Gasteiger partial charge in [-0.2, -0.15) is 0 Å². The molecule has 0 aliphatic carbocycles. The summed E-state index contributed by atoms with van der Waals surface area (Å²) in [6.45, 7) is 7.14. The molecule has 4 heteroatoms. The van der Waals surface area contributed by atoms with Crippen LogP contribution in [0.3, 0.4) is 0 Å². The van der Waals surface area contributed by atoms with E-state index in [1.807, 2.05) is 20.8 Å². The predicted octanol–water partition coefficient (Wildman–Crippen LogP) is 0.968. The lowest BCUT2D eigenvalue weighted by molar-refractivity contribution is -0.141. The van der Waals surface area contributed by atoms with Gasteiger partial charge in [0, 0.05) is 13.0 Å². The number of carboxylic acid groups (broad SMARTS) is 1. The number of aliphatic carboxylic acids is 1. The molecule has 0 bridgehead atoms. The molecule has 0 aromatic rings. The van der Waals surface area contributed by atoms with Gasteiger partial charge in [-0.15, -0.1) is 0 Å². The van der Waals surface area contributed by atoms with Gasteiger partial charge < -0.3 is 15.2 Å². The van der Waals surface area contributed by atoms with Crippen molar-refractivity contribution < 1.29 is 14.6 Å². The Labute approximate surface area is 85.6 Å². The van der Waals surface area contributed by atoms with Gasteiger partial charge in [0.25, 0.3) is 0 Å². The maximum Gasteiger partial charge on any atom is 0.321 e. The molecule has 4 nitrogen and oxygen atoms in total. The molecule has 2 N–H and O–H groups in total. The van der Waals surface area contributed by atoms with Gasteiger partial charge in [0.05, 0.1) is 6.61 Å². The van der Waals surface area contributed by atoms with Crippen LogP contribution in [0.25, 0.3) is 0 Å². The minimum Gasteiger partial charge on any atom is -0.480 e. The molecule has 14 heavy (non-hydrogen) atoms. The fourth-order valence-corrected chi connectivity index (χ4v) is 1.25. The standard InChI is InChI=1S/C10H21NO3/c1-7(2)5-11-9(10(12)13)8(3)6-14-4/h7-9,11H,5-6H2,1-4H3,(H,12,13). The van der Waals surface area contributed by atoms with Crippen LogP contribution in [0.1, 0.15) is 20.8 Å². The highest BCUT2D eigenvalue weighted by atomic mass is 16.5. The van der Waals surface area contributed by atoms with Crippen molar-refractivity contribution in [3.8, 4) is 0 Å². The van der Waals surface area contributed by atoms with E-state index in [9.17, 15) is 4.79 Å². The Balaban J connectivity index is 4.07. The summed E-state index contributed by atoms with van der Waals surface area (Å²) < 4.78 is 4.94. The Morgan fingerprint density at radius 1 is 1.43 bits per heavy atom. The quantitative estimate of drug-likeness (QED) is 0.647. The van der Waals surface area contributed by atoms with E-state index >= 15 is 0 Å². The Hall–Kier alpha value is -0.610. The topological polar surface area (TPSA) is 58.6 Å². The number of methoxy groups -OCH3 is 1. The van der Waals surface area contributed by atoms with Crippen molar-refractivity contribution in [3.05, 3.63) is 0 Å². The molecule has 0 aromatic heterocycles. The predicted molar refractivity (Wildman–Crippen MR) is 55.3 cm³/mol. The number of hydrogen-bond donors (Lipinski definition) is 2. The molecule has 0 aliphatic heterocycles. The highest BCUT2D eigenvalue weighted by Gasteiger charge is 2.23. The van der Waals surface area contributed by atoms with Crippen molar-refractivity contribution >= 4 is 5.97 Å². The SMILES string of the molecule is COCC(C)C(NCC(C)C)C(=O)O. The van der Waals surface area contributed by atoms with Crippen LogP contribution in [0, 0.1) is 11.8 Å². The third-order valence-electron chi connectivity index (χ3n) is 2.01. The van der Waals surface area contributed by atoms with Crippen molar-refractivity contribution in [1.82, 2.24) is 5.32 Å². The summed E-state index contributed by atoms with van der Waals surface area (Å²) in [5.74, 6) is -0.377. The average Bonchev–Trinajstić information content (AvgIpc) is 2.03. The van der Waals surface area contributed by atoms with Gasteiger partial charge in [0.1, 0.15) is 6.04 Å².